The molecular formula is C16H18N2OS. The first kappa shape index (κ1) is 14.5. The molecule has 20 heavy (non-hydrogen) atoms. The van der Waals surface area contributed by atoms with Gasteiger partial charge in [-0.2, -0.15) is 5.26 Å². The number of rotatable bonds is 5. The summed E-state index contributed by atoms with van der Waals surface area (Å²) < 4.78 is 5.57. The SMILES string of the molecule is CCCOc1ccc(-c2nc(C(C)C)c(C#N)s2)cc1. The van der Waals surface area contributed by atoms with E-state index in [0.717, 1.165) is 35.0 Å². The van der Waals surface area contributed by atoms with Gasteiger partial charge in [0.05, 0.1) is 12.3 Å². The summed E-state index contributed by atoms with van der Waals surface area (Å²) in [5, 5.41) is 10.1. The highest BCUT2D eigenvalue weighted by Crippen LogP contribution is 2.32. The van der Waals surface area contributed by atoms with Gasteiger partial charge in [-0.05, 0) is 36.6 Å². The molecule has 0 aliphatic carbocycles. The number of nitrogens with zero attached hydrogens (tertiary/aromatic N) is 2. The Labute approximate surface area is 123 Å². The van der Waals surface area contributed by atoms with Crippen molar-refractivity contribution >= 4 is 11.3 Å². The lowest BCUT2D eigenvalue weighted by molar-refractivity contribution is 0.317. The van der Waals surface area contributed by atoms with E-state index in [4.69, 9.17) is 10.00 Å². The minimum atomic E-state index is 0.266. The highest BCUT2D eigenvalue weighted by atomic mass is 32.1. The largest absolute Gasteiger partial charge is 0.494 e. The molecule has 0 atom stereocenters. The van der Waals surface area contributed by atoms with Crippen molar-refractivity contribution in [1.82, 2.24) is 4.98 Å². The number of thiazole rings is 1. The van der Waals surface area contributed by atoms with Crippen LogP contribution in [0.3, 0.4) is 0 Å². The molecule has 0 fully saturated rings. The number of ether oxygens (including phenoxy) is 1. The molecule has 0 amide bonds. The third-order valence-electron chi connectivity index (χ3n) is 2.88. The van der Waals surface area contributed by atoms with Crippen LogP contribution in [-0.4, -0.2) is 11.6 Å². The van der Waals surface area contributed by atoms with Crippen LogP contribution in [0.1, 0.15) is 43.7 Å². The van der Waals surface area contributed by atoms with Crippen LogP contribution in [-0.2, 0) is 0 Å². The summed E-state index contributed by atoms with van der Waals surface area (Å²) in [7, 11) is 0. The molecule has 0 aliphatic rings. The van der Waals surface area contributed by atoms with E-state index in [1.807, 2.05) is 24.3 Å². The van der Waals surface area contributed by atoms with Crippen LogP contribution in [0.2, 0.25) is 0 Å². The van der Waals surface area contributed by atoms with Crippen LogP contribution < -0.4 is 4.74 Å². The standard InChI is InChI=1S/C16H18N2OS/c1-4-9-19-13-7-5-12(6-8-13)16-18-15(11(2)3)14(10-17)20-16/h5-8,11H,4,9H2,1-3H3. The summed E-state index contributed by atoms with van der Waals surface area (Å²) in [5.74, 6) is 1.14. The molecule has 1 aromatic carbocycles. The van der Waals surface area contributed by atoms with Gasteiger partial charge >= 0.3 is 0 Å². The van der Waals surface area contributed by atoms with Gasteiger partial charge in [-0.1, -0.05) is 20.8 Å². The van der Waals surface area contributed by atoms with E-state index < -0.39 is 0 Å². The lowest BCUT2D eigenvalue weighted by atomic mass is 10.1. The van der Waals surface area contributed by atoms with Gasteiger partial charge in [-0.15, -0.1) is 11.3 Å². The molecular weight excluding hydrogens is 268 g/mol. The number of nitriles is 1. The predicted octanol–water partition coefficient (Wildman–Crippen LogP) is 4.59. The van der Waals surface area contributed by atoms with Crippen LogP contribution in [0.4, 0.5) is 0 Å². The van der Waals surface area contributed by atoms with Gasteiger partial charge in [0.15, 0.2) is 0 Å². The van der Waals surface area contributed by atoms with Crippen molar-refractivity contribution in [2.24, 2.45) is 0 Å². The Morgan fingerprint density at radius 2 is 2.00 bits per heavy atom. The first-order valence-electron chi connectivity index (χ1n) is 6.79. The fourth-order valence-electron chi connectivity index (χ4n) is 1.84. The Bertz CT molecular complexity index is 608. The van der Waals surface area contributed by atoms with Gasteiger partial charge in [-0.3, -0.25) is 0 Å². The van der Waals surface area contributed by atoms with Crippen LogP contribution >= 0.6 is 11.3 Å². The van der Waals surface area contributed by atoms with Gasteiger partial charge < -0.3 is 4.74 Å². The summed E-state index contributed by atoms with van der Waals surface area (Å²) in [4.78, 5) is 5.31. The van der Waals surface area contributed by atoms with E-state index in [1.165, 1.54) is 11.3 Å². The molecule has 1 aromatic heterocycles. The third-order valence-corrected chi connectivity index (χ3v) is 3.90. The predicted molar refractivity (Wildman–Crippen MR) is 82.1 cm³/mol. The Balaban J connectivity index is 2.26. The first-order chi connectivity index (χ1) is 9.65. The van der Waals surface area contributed by atoms with Gasteiger partial charge in [0.1, 0.15) is 21.7 Å². The Morgan fingerprint density at radius 1 is 1.30 bits per heavy atom. The zero-order valence-electron chi connectivity index (χ0n) is 12.0. The molecule has 0 radical (unpaired) electrons. The van der Waals surface area contributed by atoms with Crippen molar-refractivity contribution in [1.29, 1.82) is 5.26 Å². The minimum Gasteiger partial charge on any atom is -0.494 e. The molecule has 0 bridgehead atoms. The monoisotopic (exact) mass is 286 g/mol. The Kier molecular flexibility index (Phi) is 4.75. The van der Waals surface area contributed by atoms with Crippen molar-refractivity contribution < 1.29 is 4.74 Å². The van der Waals surface area contributed by atoms with Gasteiger partial charge in [0.25, 0.3) is 0 Å². The van der Waals surface area contributed by atoms with Crippen molar-refractivity contribution in [2.75, 3.05) is 6.61 Å². The number of hydrogen-bond acceptors (Lipinski definition) is 4. The molecule has 0 aliphatic heterocycles. The fraction of sp³-hybridized carbons (Fsp3) is 0.375. The second kappa shape index (κ2) is 6.53. The van der Waals surface area contributed by atoms with Crippen LogP contribution in [0.25, 0.3) is 10.6 Å². The molecule has 4 heteroatoms. The third kappa shape index (κ3) is 3.17. The fourth-order valence-corrected chi connectivity index (χ4v) is 2.86. The van der Waals surface area contributed by atoms with E-state index in [-0.39, 0.29) is 5.92 Å². The number of hydrogen-bond donors (Lipinski definition) is 0. The van der Waals surface area contributed by atoms with Crippen molar-refractivity contribution in [3.63, 3.8) is 0 Å². The first-order valence-corrected chi connectivity index (χ1v) is 7.61. The van der Waals surface area contributed by atoms with Crippen molar-refractivity contribution in [2.45, 2.75) is 33.1 Å². The van der Waals surface area contributed by atoms with Gasteiger partial charge in [0, 0.05) is 5.56 Å². The molecule has 0 spiro atoms. The summed E-state index contributed by atoms with van der Waals surface area (Å²) >= 11 is 1.45. The minimum absolute atomic E-state index is 0.266. The zero-order chi connectivity index (χ0) is 14.5. The van der Waals surface area contributed by atoms with E-state index in [2.05, 4.69) is 31.8 Å². The molecule has 0 saturated heterocycles. The normalized spacial score (nSPS) is 10.6. The molecule has 0 saturated carbocycles. The summed E-state index contributed by atoms with van der Waals surface area (Å²) in [6.07, 6.45) is 0.998. The number of aromatic nitrogens is 1. The topological polar surface area (TPSA) is 45.9 Å². The second-order valence-electron chi connectivity index (χ2n) is 4.87. The average Bonchev–Trinajstić information content (AvgIpc) is 2.90. The average molecular weight is 286 g/mol. The van der Waals surface area contributed by atoms with Crippen molar-refractivity contribution in [3.05, 3.63) is 34.8 Å². The molecule has 104 valence electrons. The maximum Gasteiger partial charge on any atom is 0.128 e. The van der Waals surface area contributed by atoms with Crippen molar-refractivity contribution in [3.8, 4) is 22.4 Å². The molecule has 0 unspecified atom stereocenters. The number of benzene rings is 1. The molecule has 3 nitrogen and oxygen atoms in total. The smallest absolute Gasteiger partial charge is 0.128 e. The summed E-state index contributed by atoms with van der Waals surface area (Å²) in [5.41, 5.74) is 1.92. The Hall–Kier alpha value is -1.86. The van der Waals surface area contributed by atoms with Crippen LogP contribution in [0.5, 0.6) is 5.75 Å². The highest BCUT2D eigenvalue weighted by molar-refractivity contribution is 7.15. The quantitative estimate of drug-likeness (QED) is 0.807. The lowest BCUT2D eigenvalue weighted by Crippen LogP contribution is -1.94. The molecule has 2 rings (SSSR count). The second-order valence-corrected chi connectivity index (χ2v) is 5.87. The Morgan fingerprint density at radius 3 is 2.50 bits per heavy atom. The summed E-state index contributed by atoms with van der Waals surface area (Å²) in [6.45, 7) is 6.93. The van der Waals surface area contributed by atoms with E-state index in [1.54, 1.807) is 0 Å². The zero-order valence-corrected chi connectivity index (χ0v) is 12.8. The van der Waals surface area contributed by atoms with E-state index in [9.17, 15) is 0 Å². The molecule has 2 aromatic rings. The van der Waals surface area contributed by atoms with Crippen LogP contribution in [0.15, 0.2) is 24.3 Å². The van der Waals surface area contributed by atoms with E-state index >= 15 is 0 Å². The lowest BCUT2D eigenvalue weighted by Gasteiger charge is -2.04. The maximum absolute atomic E-state index is 9.17. The molecule has 0 N–H and O–H groups in total. The van der Waals surface area contributed by atoms with E-state index in [0.29, 0.717) is 4.88 Å². The highest BCUT2D eigenvalue weighted by Gasteiger charge is 2.14. The van der Waals surface area contributed by atoms with Gasteiger partial charge in [-0.25, -0.2) is 4.98 Å². The summed E-state index contributed by atoms with van der Waals surface area (Å²) in [6, 6.07) is 10.1. The molecule has 1 heterocycles. The van der Waals surface area contributed by atoms with Crippen LogP contribution in [0, 0.1) is 11.3 Å². The maximum atomic E-state index is 9.17. The van der Waals surface area contributed by atoms with Gasteiger partial charge in [0.2, 0.25) is 0 Å².